The molecule has 0 aliphatic rings. The van der Waals surface area contributed by atoms with Gasteiger partial charge in [0.2, 0.25) is 5.91 Å². The van der Waals surface area contributed by atoms with Gasteiger partial charge in [-0.3, -0.25) is 4.79 Å². The van der Waals surface area contributed by atoms with Crippen LogP contribution in [0.15, 0.2) is 42.5 Å². The van der Waals surface area contributed by atoms with Crippen molar-refractivity contribution in [2.24, 2.45) is 0 Å². The van der Waals surface area contributed by atoms with Crippen molar-refractivity contribution < 1.29 is 4.79 Å². The van der Waals surface area contributed by atoms with E-state index in [1.807, 2.05) is 19.1 Å². The normalized spacial score (nSPS) is 12.4. The summed E-state index contributed by atoms with van der Waals surface area (Å²) in [5, 5.41) is 5.31. The molecular weight excluding hydrogens is 198 g/mol. The van der Waals surface area contributed by atoms with Gasteiger partial charge >= 0.3 is 0 Å². The van der Waals surface area contributed by atoms with E-state index in [1.54, 1.807) is 0 Å². The molecule has 0 radical (unpaired) electrons. The van der Waals surface area contributed by atoms with E-state index in [0.717, 1.165) is 5.56 Å². The van der Waals surface area contributed by atoms with Crippen LogP contribution in [0, 0.1) is 0 Å². The van der Waals surface area contributed by atoms with Crippen LogP contribution in [0.4, 0.5) is 0 Å². The summed E-state index contributed by atoms with van der Waals surface area (Å²) in [6, 6.07) is 14.5. The first-order chi connectivity index (χ1) is 7.66. The average molecular weight is 213 g/mol. The molecule has 0 aliphatic carbocycles. The Labute approximate surface area is 95.3 Å². The molecule has 2 aromatic rings. The Morgan fingerprint density at radius 1 is 1.12 bits per heavy atom. The van der Waals surface area contributed by atoms with Gasteiger partial charge in [0.25, 0.3) is 0 Å². The molecule has 82 valence electrons. The van der Waals surface area contributed by atoms with Crippen LogP contribution in [-0.2, 0) is 4.79 Å². The second-order valence-electron chi connectivity index (χ2n) is 4.03. The summed E-state index contributed by atoms with van der Waals surface area (Å²) in [6.07, 6.45) is 0. The fourth-order valence-electron chi connectivity index (χ4n) is 1.87. The maximum Gasteiger partial charge on any atom is 0.217 e. The second-order valence-corrected chi connectivity index (χ2v) is 4.03. The van der Waals surface area contributed by atoms with Gasteiger partial charge in [0.05, 0.1) is 6.04 Å². The molecule has 0 bridgehead atoms. The minimum atomic E-state index is 0.000610. The lowest BCUT2D eigenvalue weighted by Gasteiger charge is -2.13. The van der Waals surface area contributed by atoms with E-state index >= 15 is 0 Å². The van der Waals surface area contributed by atoms with E-state index in [1.165, 1.54) is 17.7 Å². The van der Waals surface area contributed by atoms with Crippen molar-refractivity contribution in [1.82, 2.24) is 5.32 Å². The third-order valence-electron chi connectivity index (χ3n) is 2.69. The van der Waals surface area contributed by atoms with Crippen molar-refractivity contribution in [3.8, 4) is 0 Å². The van der Waals surface area contributed by atoms with Gasteiger partial charge in [-0.25, -0.2) is 0 Å². The summed E-state index contributed by atoms with van der Waals surface area (Å²) < 4.78 is 0. The summed E-state index contributed by atoms with van der Waals surface area (Å²) in [4.78, 5) is 11.0. The highest BCUT2D eigenvalue weighted by Gasteiger charge is 2.06. The molecule has 1 atom stereocenters. The van der Waals surface area contributed by atoms with E-state index < -0.39 is 0 Å². The molecule has 0 saturated heterocycles. The minimum Gasteiger partial charge on any atom is -0.350 e. The van der Waals surface area contributed by atoms with Gasteiger partial charge in [0, 0.05) is 6.92 Å². The highest BCUT2D eigenvalue weighted by atomic mass is 16.1. The maximum atomic E-state index is 11.0. The largest absolute Gasteiger partial charge is 0.350 e. The molecule has 2 nitrogen and oxygen atoms in total. The predicted octanol–water partition coefficient (Wildman–Crippen LogP) is 3.04. The number of nitrogens with one attached hydrogen (secondary N) is 1. The van der Waals surface area contributed by atoms with Crippen molar-refractivity contribution in [3.63, 3.8) is 0 Å². The van der Waals surface area contributed by atoms with Crippen molar-refractivity contribution >= 4 is 16.7 Å². The maximum absolute atomic E-state index is 11.0. The van der Waals surface area contributed by atoms with E-state index in [2.05, 4.69) is 35.6 Å². The van der Waals surface area contributed by atoms with Gasteiger partial charge in [-0.2, -0.15) is 0 Å². The van der Waals surface area contributed by atoms with Crippen LogP contribution < -0.4 is 5.32 Å². The summed E-state index contributed by atoms with van der Waals surface area (Å²) >= 11 is 0. The summed E-state index contributed by atoms with van der Waals surface area (Å²) in [5.74, 6) is 0.000610. The van der Waals surface area contributed by atoms with Crippen LogP contribution in [0.25, 0.3) is 10.8 Å². The number of carbonyl (C=O) groups is 1. The molecule has 2 aromatic carbocycles. The Kier molecular flexibility index (Phi) is 2.91. The van der Waals surface area contributed by atoms with Crippen LogP contribution in [0.2, 0.25) is 0 Å². The zero-order valence-electron chi connectivity index (χ0n) is 9.53. The Hall–Kier alpha value is -1.83. The standard InChI is InChI=1S/C14H15NO/c1-10(15-11(2)16)13-8-7-12-5-3-4-6-14(12)9-13/h3-10H,1-2H3,(H,15,16)/t10-/m1/s1. The average Bonchev–Trinajstić information content (AvgIpc) is 2.27. The molecule has 0 unspecified atom stereocenters. The number of amides is 1. The van der Waals surface area contributed by atoms with Gasteiger partial charge in [-0.15, -0.1) is 0 Å². The summed E-state index contributed by atoms with van der Waals surface area (Å²) in [5.41, 5.74) is 1.13. The Morgan fingerprint density at radius 2 is 1.81 bits per heavy atom. The molecule has 0 fully saturated rings. The van der Waals surface area contributed by atoms with Crippen molar-refractivity contribution in [2.45, 2.75) is 19.9 Å². The molecule has 0 saturated carbocycles. The number of hydrogen-bond acceptors (Lipinski definition) is 1. The molecule has 2 heteroatoms. The first-order valence-electron chi connectivity index (χ1n) is 5.42. The van der Waals surface area contributed by atoms with Crippen molar-refractivity contribution in [3.05, 3.63) is 48.0 Å². The predicted molar refractivity (Wildman–Crippen MR) is 66.2 cm³/mol. The number of hydrogen-bond donors (Lipinski definition) is 1. The zero-order chi connectivity index (χ0) is 11.5. The first kappa shape index (κ1) is 10.7. The second kappa shape index (κ2) is 4.35. The smallest absolute Gasteiger partial charge is 0.217 e. The molecule has 0 spiro atoms. The lowest BCUT2D eigenvalue weighted by molar-refractivity contribution is -0.119. The monoisotopic (exact) mass is 213 g/mol. The van der Waals surface area contributed by atoms with Gasteiger partial charge in [-0.05, 0) is 29.3 Å². The van der Waals surface area contributed by atoms with Gasteiger partial charge in [0.1, 0.15) is 0 Å². The van der Waals surface area contributed by atoms with E-state index in [9.17, 15) is 4.79 Å². The third-order valence-corrected chi connectivity index (χ3v) is 2.69. The van der Waals surface area contributed by atoms with Crippen LogP contribution >= 0.6 is 0 Å². The van der Waals surface area contributed by atoms with E-state index in [-0.39, 0.29) is 11.9 Å². The zero-order valence-corrected chi connectivity index (χ0v) is 9.53. The highest BCUT2D eigenvalue weighted by Crippen LogP contribution is 2.19. The van der Waals surface area contributed by atoms with Crippen LogP contribution in [0.1, 0.15) is 25.5 Å². The van der Waals surface area contributed by atoms with Crippen molar-refractivity contribution in [2.75, 3.05) is 0 Å². The van der Waals surface area contributed by atoms with Crippen molar-refractivity contribution in [1.29, 1.82) is 0 Å². The molecule has 2 rings (SSSR count). The molecular formula is C14H15NO. The molecule has 1 N–H and O–H groups in total. The molecule has 16 heavy (non-hydrogen) atoms. The molecule has 0 aliphatic heterocycles. The van der Waals surface area contributed by atoms with E-state index in [4.69, 9.17) is 0 Å². The van der Waals surface area contributed by atoms with Crippen LogP contribution in [0.3, 0.4) is 0 Å². The number of rotatable bonds is 2. The molecule has 1 amide bonds. The Bertz CT molecular complexity index is 519. The first-order valence-corrected chi connectivity index (χ1v) is 5.42. The SMILES string of the molecule is CC(=O)N[C@H](C)c1ccc2ccccc2c1. The third kappa shape index (κ3) is 2.22. The molecule has 0 heterocycles. The van der Waals surface area contributed by atoms with Gasteiger partial charge in [0.15, 0.2) is 0 Å². The summed E-state index contributed by atoms with van der Waals surface area (Å²) in [7, 11) is 0. The lowest BCUT2D eigenvalue weighted by atomic mass is 10.0. The number of benzene rings is 2. The van der Waals surface area contributed by atoms with Gasteiger partial charge < -0.3 is 5.32 Å². The quantitative estimate of drug-likeness (QED) is 0.816. The highest BCUT2D eigenvalue weighted by molar-refractivity contribution is 5.83. The topological polar surface area (TPSA) is 29.1 Å². The molecule has 0 aromatic heterocycles. The summed E-state index contributed by atoms with van der Waals surface area (Å²) in [6.45, 7) is 3.53. The fraction of sp³-hybridized carbons (Fsp3) is 0.214. The lowest BCUT2D eigenvalue weighted by Crippen LogP contribution is -2.23. The Morgan fingerprint density at radius 3 is 2.50 bits per heavy atom. The number of carbonyl (C=O) groups excluding carboxylic acids is 1. The number of fused-ring (bicyclic) bond motifs is 1. The minimum absolute atomic E-state index is 0.000610. The van der Waals surface area contributed by atoms with Crippen LogP contribution in [-0.4, -0.2) is 5.91 Å². The van der Waals surface area contributed by atoms with Crippen LogP contribution in [0.5, 0.6) is 0 Å². The Balaban J connectivity index is 2.35. The van der Waals surface area contributed by atoms with Gasteiger partial charge in [-0.1, -0.05) is 36.4 Å². The fourth-order valence-corrected chi connectivity index (χ4v) is 1.87. The van der Waals surface area contributed by atoms with E-state index in [0.29, 0.717) is 0 Å².